The molecule has 0 saturated carbocycles. The molecule has 0 saturated heterocycles. The molecule has 0 fully saturated rings. The lowest BCUT2D eigenvalue weighted by Gasteiger charge is -2.17. The third kappa shape index (κ3) is 3.47. The van der Waals surface area contributed by atoms with E-state index in [4.69, 9.17) is 16.2 Å². The van der Waals surface area contributed by atoms with Crippen molar-refractivity contribution < 1.29 is 31.1 Å². The predicted molar refractivity (Wildman–Crippen MR) is 90.4 cm³/mol. The van der Waals surface area contributed by atoms with E-state index in [1.54, 1.807) is 0 Å². The average molecular weight is 402 g/mol. The minimum atomic E-state index is -4.98. The van der Waals surface area contributed by atoms with E-state index in [0.29, 0.717) is 12.1 Å². The lowest BCUT2D eigenvalue weighted by molar-refractivity contribution is -0.143. The second-order valence-electron chi connectivity index (χ2n) is 5.80. The molecule has 0 radical (unpaired) electrons. The second-order valence-corrected chi connectivity index (χ2v) is 5.80. The van der Waals surface area contributed by atoms with E-state index in [0.717, 1.165) is 0 Å². The molecule has 4 N–H and O–H groups in total. The van der Waals surface area contributed by atoms with Crippen molar-refractivity contribution >= 4 is 22.7 Å². The molecule has 0 unspecified atom stereocenters. The summed E-state index contributed by atoms with van der Waals surface area (Å²) in [4.78, 5) is 7.70. The van der Waals surface area contributed by atoms with Gasteiger partial charge in [-0.1, -0.05) is 0 Å². The third-order valence-corrected chi connectivity index (χ3v) is 3.96. The monoisotopic (exact) mass is 402 g/mol. The fraction of sp³-hybridized carbons (Fsp3) is 0.176. The normalized spacial score (nSPS) is 12.4. The average Bonchev–Trinajstić information content (AvgIpc) is 2.58. The number of hydrogen-bond donors (Lipinski definition) is 2. The number of hydrogen-bond acceptors (Lipinski definition) is 5. The molecular formula is C17H12F6N4O. The van der Waals surface area contributed by atoms with E-state index in [9.17, 15) is 26.3 Å². The molecule has 0 atom stereocenters. The minimum absolute atomic E-state index is 0.0355. The highest BCUT2D eigenvalue weighted by Crippen LogP contribution is 2.43. The number of methoxy groups -OCH3 is 1. The van der Waals surface area contributed by atoms with Gasteiger partial charge < -0.3 is 16.2 Å². The number of nitrogen functional groups attached to an aromatic ring is 2. The Labute approximate surface area is 153 Å². The summed E-state index contributed by atoms with van der Waals surface area (Å²) in [6.07, 6.45) is -9.95. The number of ether oxygens (including phenoxy) is 1. The van der Waals surface area contributed by atoms with Gasteiger partial charge in [-0.3, -0.25) is 0 Å². The van der Waals surface area contributed by atoms with E-state index >= 15 is 0 Å². The fourth-order valence-electron chi connectivity index (χ4n) is 2.79. The van der Waals surface area contributed by atoms with Crippen LogP contribution in [0, 0.1) is 0 Å². The highest BCUT2D eigenvalue weighted by atomic mass is 19.4. The SMILES string of the molecule is COc1c(-c2cc(C(F)(F)F)cc(C(F)(F)F)c2)ccc2nc(N)nc(N)c12. The molecule has 1 heterocycles. The van der Waals surface area contributed by atoms with Crippen LogP contribution in [-0.4, -0.2) is 17.1 Å². The zero-order valence-electron chi connectivity index (χ0n) is 14.1. The van der Waals surface area contributed by atoms with E-state index in [2.05, 4.69) is 9.97 Å². The largest absolute Gasteiger partial charge is 0.495 e. The van der Waals surface area contributed by atoms with Gasteiger partial charge in [0.25, 0.3) is 0 Å². The van der Waals surface area contributed by atoms with Crippen molar-refractivity contribution in [2.45, 2.75) is 12.4 Å². The number of nitrogens with zero attached hydrogens (tertiary/aromatic N) is 2. The molecular weight excluding hydrogens is 390 g/mol. The number of nitrogens with two attached hydrogens (primary N) is 2. The molecule has 2 aromatic carbocycles. The van der Waals surface area contributed by atoms with Gasteiger partial charge in [-0.25, -0.2) is 4.98 Å². The lowest BCUT2D eigenvalue weighted by atomic mass is 9.97. The van der Waals surface area contributed by atoms with Gasteiger partial charge in [0.05, 0.1) is 29.1 Å². The Morgan fingerprint density at radius 1 is 0.857 bits per heavy atom. The van der Waals surface area contributed by atoms with Gasteiger partial charge >= 0.3 is 12.4 Å². The molecule has 0 bridgehead atoms. The molecule has 28 heavy (non-hydrogen) atoms. The molecule has 0 amide bonds. The van der Waals surface area contributed by atoms with Crippen molar-refractivity contribution in [3.05, 3.63) is 41.5 Å². The van der Waals surface area contributed by atoms with Crippen LogP contribution in [-0.2, 0) is 12.4 Å². The minimum Gasteiger partial charge on any atom is -0.495 e. The van der Waals surface area contributed by atoms with Gasteiger partial charge in [0.1, 0.15) is 11.6 Å². The summed E-state index contributed by atoms with van der Waals surface area (Å²) in [6, 6.07) is 3.90. The highest BCUT2D eigenvalue weighted by Gasteiger charge is 2.37. The molecule has 5 nitrogen and oxygen atoms in total. The van der Waals surface area contributed by atoms with Crippen LogP contribution in [0.3, 0.4) is 0 Å². The Hall–Kier alpha value is -3.24. The molecule has 0 aliphatic carbocycles. The lowest BCUT2D eigenvalue weighted by Crippen LogP contribution is -2.11. The fourth-order valence-corrected chi connectivity index (χ4v) is 2.79. The standard InChI is InChI=1S/C17H12F6N4O/c1-28-13-10(2-3-11-12(13)14(24)27-15(25)26-11)7-4-8(16(18,19)20)6-9(5-7)17(21,22)23/h2-6H,1H3,(H4,24,25,26,27). The van der Waals surface area contributed by atoms with E-state index in [1.165, 1.54) is 19.2 Å². The predicted octanol–water partition coefficient (Wildman–Crippen LogP) is 4.51. The van der Waals surface area contributed by atoms with Crippen LogP contribution < -0.4 is 16.2 Å². The zero-order valence-corrected chi connectivity index (χ0v) is 14.1. The zero-order chi connectivity index (χ0) is 20.9. The Morgan fingerprint density at radius 3 is 1.93 bits per heavy atom. The van der Waals surface area contributed by atoms with Gasteiger partial charge in [-0.05, 0) is 35.9 Å². The summed E-state index contributed by atoms with van der Waals surface area (Å²) in [5.41, 5.74) is 8.27. The quantitative estimate of drug-likeness (QED) is 0.616. The van der Waals surface area contributed by atoms with E-state index in [1.807, 2.05) is 0 Å². The molecule has 1 aromatic heterocycles. The first-order valence-electron chi connectivity index (χ1n) is 7.61. The van der Waals surface area contributed by atoms with Crippen molar-refractivity contribution in [1.82, 2.24) is 9.97 Å². The summed E-state index contributed by atoms with van der Waals surface area (Å²) in [7, 11) is 1.20. The molecule has 3 rings (SSSR count). The van der Waals surface area contributed by atoms with Crippen molar-refractivity contribution in [1.29, 1.82) is 0 Å². The topological polar surface area (TPSA) is 87.0 Å². The number of benzene rings is 2. The van der Waals surface area contributed by atoms with Gasteiger partial charge in [0.2, 0.25) is 5.95 Å². The molecule has 0 spiro atoms. The van der Waals surface area contributed by atoms with Crippen LogP contribution >= 0.6 is 0 Å². The summed E-state index contributed by atoms with van der Waals surface area (Å²) in [6.45, 7) is 0. The van der Waals surface area contributed by atoms with E-state index in [-0.39, 0.29) is 45.6 Å². The first-order valence-corrected chi connectivity index (χ1v) is 7.61. The van der Waals surface area contributed by atoms with E-state index < -0.39 is 23.5 Å². The van der Waals surface area contributed by atoms with Crippen LogP contribution in [0.1, 0.15) is 11.1 Å². The number of aromatic nitrogens is 2. The molecule has 148 valence electrons. The number of rotatable bonds is 2. The number of halogens is 6. The Balaban J connectivity index is 2.36. The van der Waals surface area contributed by atoms with Gasteiger partial charge in [-0.15, -0.1) is 0 Å². The van der Waals surface area contributed by atoms with Crippen LogP contribution in [0.5, 0.6) is 5.75 Å². The smallest absolute Gasteiger partial charge is 0.416 e. The molecule has 0 aliphatic rings. The Morgan fingerprint density at radius 2 is 1.43 bits per heavy atom. The third-order valence-electron chi connectivity index (χ3n) is 3.96. The van der Waals surface area contributed by atoms with Gasteiger partial charge in [0.15, 0.2) is 0 Å². The number of anilines is 2. The van der Waals surface area contributed by atoms with Gasteiger partial charge in [0, 0.05) is 5.56 Å². The van der Waals surface area contributed by atoms with Crippen molar-refractivity contribution in [2.75, 3.05) is 18.6 Å². The van der Waals surface area contributed by atoms with Crippen LogP contribution in [0.15, 0.2) is 30.3 Å². The number of alkyl halides is 6. The summed E-state index contributed by atoms with van der Waals surface area (Å²) >= 11 is 0. The van der Waals surface area contributed by atoms with Crippen LogP contribution in [0.4, 0.5) is 38.1 Å². The number of fused-ring (bicyclic) bond motifs is 1. The van der Waals surface area contributed by atoms with Gasteiger partial charge in [-0.2, -0.15) is 31.3 Å². The highest BCUT2D eigenvalue weighted by molar-refractivity contribution is 5.99. The maximum absolute atomic E-state index is 13.1. The second kappa shape index (κ2) is 6.43. The van der Waals surface area contributed by atoms with Crippen LogP contribution in [0.2, 0.25) is 0 Å². The molecule has 3 aromatic rings. The first kappa shape index (κ1) is 19.5. The van der Waals surface area contributed by atoms with Crippen LogP contribution in [0.25, 0.3) is 22.0 Å². The van der Waals surface area contributed by atoms with Crippen molar-refractivity contribution in [2.24, 2.45) is 0 Å². The van der Waals surface area contributed by atoms with Crippen molar-refractivity contribution in [3.63, 3.8) is 0 Å². The maximum atomic E-state index is 13.1. The summed E-state index contributed by atoms with van der Waals surface area (Å²) in [5, 5.41) is 0.125. The first-order chi connectivity index (χ1) is 12.9. The molecule has 11 heteroatoms. The Bertz CT molecular complexity index is 1030. The Kier molecular flexibility index (Phi) is 4.48. The summed E-state index contributed by atoms with van der Waals surface area (Å²) in [5.74, 6) is -0.329. The maximum Gasteiger partial charge on any atom is 0.416 e. The van der Waals surface area contributed by atoms with Crippen molar-refractivity contribution in [3.8, 4) is 16.9 Å². The summed E-state index contributed by atoms with van der Waals surface area (Å²) < 4.78 is 84.1. The molecule has 0 aliphatic heterocycles.